The van der Waals surface area contributed by atoms with Gasteiger partial charge in [-0.25, -0.2) is 4.39 Å². The average Bonchev–Trinajstić information content (AvgIpc) is 2.14. The molecule has 2 atom stereocenters. The topological polar surface area (TPSA) is 15.3 Å². The monoisotopic (exact) mass is 186 g/mol. The Kier molecular flexibility index (Phi) is 2.56. The van der Waals surface area contributed by atoms with E-state index in [0.717, 1.165) is 38.9 Å². The first kappa shape index (κ1) is 9.41. The number of piperidine rings is 2. The van der Waals surface area contributed by atoms with Crippen LogP contribution in [-0.4, -0.2) is 44.3 Å². The number of rotatable bonds is 0. The lowest BCUT2D eigenvalue weighted by Crippen LogP contribution is -2.54. The van der Waals surface area contributed by atoms with Gasteiger partial charge in [0.15, 0.2) is 0 Å². The molecule has 0 aromatic carbocycles. The Bertz CT molecular complexity index is 178. The molecule has 2 aliphatic rings. The van der Waals surface area contributed by atoms with Crippen LogP contribution in [0.15, 0.2) is 0 Å². The van der Waals surface area contributed by atoms with Gasteiger partial charge in [-0.3, -0.25) is 0 Å². The quantitative estimate of drug-likeness (QED) is 0.608. The molecule has 2 unspecified atom stereocenters. The molecule has 0 amide bonds. The largest absolute Gasteiger partial charge is 0.316 e. The van der Waals surface area contributed by atoms with Crippen molar-refractivity contribution in [1.29, 1.82) is 0 Å². The molecule has 3 heteroatoms. The molecule has 2 heterocycles. The zero-order valence-electron chi connectivity index (χ0n) is 8.35. The summed E-state index contributed by atoms with van der Waals surface area (Å²) in [6.45, 7) is 3.65. The van der Waals surface area contributed by atoms with E-state index in [0.29, 0.717) is 6.54 Å². The maximum absolute atomic E-state index is 13.9. The highest BCUT2D eigenvalue weighted by atomic mass is 19.1. The lowest BCUT2D eigenvalue weighted by Gasteiger charge is -2.45. The van der Waals surface area contributed by atoms with Crippen molar-refractivity contribution in [3.63, 3.8) is 0 Å². The predicted molar refractivity (Wildman–Crippen MR) is 51.5 cm³/mol. The molecule has 2 rings (SSSR count). The second kappa shape index (κ2) is 3.54. The first-order valence-electron chi connectivity index (χ1n) is 5.26. The van der Waals surface area contributed by atoms with E-state index < -0.39 is 6.17 Å². The van der Waals surface area contributed by atoms with Gasteiger partial charge >= 0.3 is 0 Å². The third-order valence-electron chi connectivity index (χ3n) is 3.63. The summed E-state index contributed by atoms with van der Waals surface area (Å²) in [6.07, 6.45) is 2.62. The number of hydrogen-bond donors (Lipinski definition) is 1. The molecule has 0 radical (unpaired) electrons. The van der Waals surface area contributed by atoms with E-state index in [1.807, 2.05) is 7.05 Å². The minimum Gasteiger partial charge on any atom is -0.316 e. The van der Waals surface area contributed by atoms with Crippen LogP contribution in [0.25, 0.3) is 0 Å². The summed E-state index contributed by atoms with van der Waals surface area (Å²) >= 11 is 0. The summed E-state index contributed by atoms with van der Waals surface area (Å²) in [5.41, 5.74) is -0.0231. The molecule has 76 valence electrons. The Labute approximate surface area is 79.5 Å². The number of nitrogens with one attached hydrogen (secondary N) is 1. The fourth-order valence-corrected chi connectivity index (χ4v) is 2.60. The van der Waals surface area contributed by atoms with Crippen molar-refractivity contribution in [2.24, 2.45) is 5.41 Å². The first-order chi connectivity index (χ1) is 6.23. The van der Waals surface area contributed by atoms with Gasteiger partial charge in [-0.2, -0.15) is 0 Å². The number of likely N-dealkylation sites (tertiary alicyclic amines) is 1. The van der Waals surface area contributed by atoms with Crippen LogP contribution in [0.2, 0.25) is 0 Å². The lowest BCUT2D eigenvalue weighted by molar-refractivity contribution is -0.000617. The minimum absolute atomic E-state index is 0.0231. The zero-order valence-corrected chi connectivity index (χ0v) is 8.35. The molecule has 0 aromatic rings. The summed E-state index contributed by atoms with van der Waals surface area (Å²) in [6, 6.07) is 0. The van der Waals surface area contributed by atoms with Gasteiger partial charge in [0.1, 0.15) is 6.17 Å². The van der Waals surface area contributed by atoms with E-state index in [4.69, 9.17) is 0 Å². The minimum atomic E-state index is -0.626. The van der Waals surface area contributed by atoms with E-state index >= 15 is 0 Å². The van der Waals surface area contributed by atoms with Crippen LogP contribution < -0.4 is 5.32 Å². The molecule has 0 aliphatic carbocycles. The van der Waals surface area contributed by atoms with Gasteiger partial charge in [-0.1, -0.05) is 0 Å². The Balaban J connectivity index is 2.03. The summed E-state index contributed by atoms with van der Waals surface area (Å²) in [7, 11) is 2.01. The summed E-state index contributed by atoms with van der Waals surface area (Å²) in [5, 5.41) is 3.33. The number of halogens is 1. The fourth-order valence-electron chi connectivity index (χ4n) is 2.60. The Morgan fingerprint density at radius 1 is 1.46 bits per heavy atom. The molecule has 2 saturated heterocycles. The van der Waals surface area contributed by atoms with Crippen molar-refractivity contribution in [3.8, 4) is 0 Å². The molecule has 0 aromatic heterocycles. The van der Waals surface area contributed by atoms with Crippen molar-refractivity contribution < 1.29 is 4.39 Å². The van der Waals surface area contributed by atoms with Crippen LogP contribution in [0.5, 0.6) is 0 Å². The zero-order chi connectivity index (χ0) is 9.31. The summed E-state index contributed by atoms with van der Waals surface area (Å²) in [4.78, 5) is 2.10. The maximum atomic E-state index is 13.9. The van der Waals surface area contributed by atoms with E-state index in [-0.39, 0.29) is 5.41 Å². The molecule has 0 saturated carbocycles. The van der Waals surface area contributed by atoms with Crippen molar-refractivity contribution in [3.05, 3.63) is 0 Å². The molecule has 1 N–H and O–H groups in total. The second-order valence-corrected chi connectivity index (χ2v) is 4.62. The van der Waals surface area contributed by atoms with E-state index in [9.17, 15) is 4.39 Å². The summed E-state index contributed by atoms with van der Waals surface area (Å²) < 4.78 is 13.9. The SMILES string of the molecule is CN1CCC2(CCCNC2)C(F)C1. The van der Waals surface area contributed by atoms with Gasteiger partial charge in [0.25, 0.3) is 0 Å². The second-order valence-electron chi connectivity index (χ2n) is 4.62. The highest BCUT2D eigenvalue weighted by molar-refractivity contribution is 4.96. The highest BCUT2D eigenvalue weighted by Gasteiger charge is 2.43. The predicted octanol–water partition coefficient (Wildman–Crippen LogP) is 1.03. The van der Waals surface area contributed by atoms with Crippen LogP contribution in [-0.2, 0) is 0 Å². The van der Waals surface area contributed by atoms with Crippen molar-refractivity contribution in [1.82, 2.24) is 10.2 Å². The van der Waals surface area contributed by atoms with Gasteiger partial charge < -0.3 is 10.2 Å². The third kappa shape index (κ3) is 1.72. The lowest BCUT2D eigenvalue weighted by atomic mass is 9.72. The number of hydrogen-bond acceptors (Lipinski definition) is 2. The van der Waals surface area contributed by atoms with Crippen molar-refractivity contribution >= 4 is 0 Å². The van der Waals surface area contributed by atoms with E-state index in [2.05, 4.69) is 10.2 Å². The molecular formula is C10H19FN2. The first-order valence-corrected chi connectivity index (χ1v) is 5.26. The van der Waals surface area contributed by atoms with Gasteiger partial charge in [-0.15, -0.1) is 0 Å². The molecular weight excluding hydrogens is 167 g/mol. The van der Waals surface area contributed by atoms with Crippen LogP contribution in [0, 0.1) is 5.41 Å². The van der Waals surface area contributed by atoms with E-state index in [1.165, 1.54) is 0 Å². The van der Waals surface area contributed by atoms with Gasteiger partial charge in [0.05, 0.1) is 0 Å². The molecule has 2 fully saturated rings. The molecule has 0 bridgehead atoms. The van der Waals surface area contributed by atoms with Crippen LogP contribution >= 0.6 is 0 Å². The molecule has 2 aliphatic heterocycles. The smallest absolute Gasteiger partial charge is 0.120 e. The number of alkyl halides is 1. The fraction of sp³-hybridized carbons (Fsp3) is 1.00. The highest BCUT2D eigenvalue weighted by Crippen LogP contribution is 2.38. The molecule has 1 spiro atoms. The average molecular weight is 186 g/mol. The summed E-state index contributed by atoms with van der Waals surface area (Å²) in [5.74, 6) is 0. The normalized spacial score (nSPS) is 42.5. The number of nitrogens with zero attached hydrogens (tertiary/aromatic N) is 1. The third-order valence-corrected chi connectivity index (χ3v) is 3.63. The van der Waals surface area contributed by atoms with E-state index in [1.54, 1.807) is 0 Å². The Hall–Kier alpha value is -0.150. The Morgan fingerprint density at radius 3 is 2.92 bits per heavy atom. The Morgan fingerprint density at radius 2 is 2.31 bits per heavy atom. The van der Waals surface area contributed by atoms with Crippen LogP contribution in [0.1, 0.15) is 19.3 Å². The van der Waals surface area contributed by atoms with Gasteiger partial charge in [0, 0.05) is 18.5 Å². The standard InChI is InChI=1S/C10H19FN2/c1-13-6-4-10(9(11)7-13)3-2-5-12-8-10/h9,12H,2-8H2,1H3. The van der Waals surface area contributed by atoms with Crippen LogP contribution in [0.4, 0.5) is 4.39 Å². The van der Waals surface area contributed by atoms with Gasteiger partial charge in [-0.05, 0) is 39.4 Å². The van der Waals surface area contributed by atoms with Crippen molar-refractivity contribution in [2.75, 3.05) is 33.2 Å². The van der Waals surface area contributed by atoms with Crippen LogP contribution in [0.3, 0.4) is 0 Å². The van der Waals surface area contributed by atoms with Gasteiger partial charge in [0.2, 0.25) is 0 Å². The molecule has 2 nitrogen and oxygen atoms in total. The molecule has 13 heavy (non-hydrogen) atoms. The van der Waals surface area contributed by atoms with Crippen molar-refractivity contribution in [2.45, 2.75) is 25.4 Å². The maximum Gasteiger partial charge on any atom is 0.120 e.